The van der Waals surface area contributed by atoms with Gasteiger partial charge in [0.2, 0.25) is 15.9 Å². The summed E-state index contributed by atoms with van der Waals surface area (Å²) in [5, 5.41) is -0.373. The summed E-state index contributed by atoms with van der Waals surface area (Å²) in [6, 6.07) is 1.81. The molecular formula is C14H23N3O3S. The molecule has 118 valence electrons. The number of rotatable bonds is 4. The molecule has 0 bridgehead atoms. The van der Waals surface area contributed by atoms with Crippen molar-refractivity contribution in [1.29, 1.82) is 0 Å². The van der Waals surface area contributed by atoms with E-state index in [1.807, 2.05) is 19.9 Å². The summed E-state index contributed by atoms with van der Waals surface area (Å²) in [5.41, 5.74) is 0.873. The zero-order valence-corrected chi connectivity index (χ0v) is 13.9. The van der Waals surface area contributed by atoms with Crippen LogP contribution in [0.25, 0.3) is 0 Å². The molecule has 2 rings (SSSR count). The topological polar surface area (TPSA) is 72.4 Å². The minimum absolute atomic E-state index is 0.0114. The molecular weight excluding hydrogens is 290 g/mol. The van der Waals surface area contributed by atoms with Gasteiger partial charge in [-0.15, -0.1) is 0 Å². The fraction of sp³-hybridized carbons (Fsp3) is 0.714. The molecule has 6 nitrogen and oxygen atoms in total. The summed E-state index contributed by atoms with van der Waals surface area (Å²) in [5.74, 6) is 1.26. The number of sulfonamides is 1. The summed E-state index contributed by atoms with van der Waals surface area (Å²) in [7, 11) is -3.16. The highest BCUT2D eigenvalue weighted by Gasteiger charge is 2.30. The lowest BCUT2D eigenvalue weighted by molar-refractivity contribution is 0.129. The second-order valence-corrected chi connectivity index (χ2v) is 8.19. The van der Waals surface area contributed by atoms with Gasteiger partial charge in [0.15, 0.2) is 0 Å². The normalized spacial score (nSPS) is 18.1. The molecule has 0 aliphatic carbocycles. The van der Waals surface area contributed by atoms with Crippen LogP contribution in [0.3, 0.4) is 0 Å². The molecule has 1 saturated heterocycles. The molecule has 1 fully saturated rings. The van der Waals surface area contributed by atoms with E-state index in [-0.39, 0.29) is 11.4 Å². The van der Waals surface area contributed by atoms with Crippen LogP contribution in [0.4, 0.5) is 0 Å². The van der Waals surface area contributed by atoms with Crippen molar-refractivity contribution in [3.8, 4) is 5.88 Å². The summed E-state index contributed by atoms with van der Waals surface area (Å²) in [6.45, 7) is 8.17. The Bertz CT molecular complexity index is 573. The highest BCUT2D eigenvalue weighted by molar-refractivity contribution is 7.89. The van der Waals surface area contributed by atoms with Crippen LogP contribution < -0.4 is 4.74 Å². The van der Waals surface area contributed by atoms with Crippen LogP contribution in [0.15, 0.2) is 6.07 Å². The zero-order valence-electron chi connectivity index (χ0n) is 13.0. The van der Waals surface area contributed by atoms with Gasteiger partial charge in [-0.2, -0.15) is 4.98 Å². The fourth-order valence-corrected chi connectivity index (χ4v) is 3.73. The maximum absolute atomic E-state index is 12.1. The lowest BCUT2D eigenvalue weighted by atomic mass is 10.1. The third-order valence-corrected chi connectivity index (χ3v) is 5.86. The molecule has 0 N–H and O–H groups in total. The Balaban J connectivity index is 1.96. The van der Waals surface area contributed by atoms with Crippen molar-refractivity contribution in [3.05, 3.63) is 17.6 Å². The number of ether oxygens (including phenoxy) is 1. The zero-order chi connectivity index (χ0) is 15.6. The molecule has 2 heterocycles. The second kappa shape index (κ2) is 6.27. The van der Waals surface area contributed by atoms with E-state index in [9.17, 15) is 8.42 Å². The van der Waals surface area contributed by atoms with Crippen LogP contribution in [0.1, 0.15) is 38.2 Å². The molecule has 1 aromatic heterocycles. The van der Waals surface area contributed by atoms with E-state index < -0.39 is 10.0 Å². The van der Waals surface area contributed by atoms with Gasteiger partial charge in [0.1, 0.15) is 11.9 Å². The SMILES string of the molecule is Cc1cc(OC2CCN(S(=O)(=O)C(C)C)CC2)nc(C)n1. The lowest BCUT2D eigenvalue weighted by Gasteiger charge is -2.32. The van der Waals surface area contributed by atoms with Crippen molar-refractivity contribution < 1.29 is 13.2 Å². The maximum atomic E-state index is 12.1. The van der Waals surface area contributed by atoms with Gasteiger partial charge in [-0.3, -0.25) is 0 Å². The summed E-state index contributed by atoms with van der Waals surface area (Å²) in [4.78, 5) is 8.47. The fourth-order valence-electron chi connectivity index (χ4n) is 2.42. The third-order valence-electron chi connectivity index (χ3n) is 3.59. The third kappa shape index (κ3) is 3.91. The monoisotopic (exact) mass is 313 g/mol. The number of aryl methyl sites for hydroxylation is 2. The first-order chi connectivity index (χ1) is 9.79. The predicted octanol–water partition coefficient (Wildman–Crippen LogP) is 1.67. The van der Waals surface area contributed by atoms with Crippen molar-refractivity contribution in [2.45, 2.75) is 51.9 Å². The Morgan fingerprint density at radius 3 is 2.38 bits per heavy atom. The number of hydrogen-bond donors (Lipinski definition) is 0. The van der Waals surface area contributed by atoms with Gasteiger partial charge in [0.05, 0.1) is 5.25 Å². The molecule has 0 radical (unpaired) electrons. The minimum Gasteiger partial charge on any atom is -0.474 e. The van der Waals surface area contributed by atoms with Gasteiger partial charge in [-0.1, -0.05) is 0 Å². The molecule has 0 spiro atoms. The van der Waals surface area contributed by atoms with Gasteiger partial charge in [0.25, 0.3) is 0 Å². The Kier molecular flexibility index (Phi) is 4.83. The Morgan fingerprint density at radius 2 is 1.86 bits per heavy atom. The number of piperidine rings is 1. The highest BCUT2D eigenvalue weighted by Crippen LogP contribution is 2.21. The van der Waals surface area contributed by atoms with Crippen LogP contribution in [0.5, 0.6) is 5.88 Å². The standard InChI is InChI=1S/C14H23N3O3S/c1-10(2)21(18,19)17-7-5-13(6-8-17)20-14-9-11(3)15-12(4)16-14/h9-10,13H,5-8H2,1-4H3. The van der Waals surface area contributed by atoms with E-state index in [1.54, 1.807) is 18.2 Å². The predicted molar refractivity (Wildman–Crippen MR) is 80.8 cm³/mol. The molecule has 0 unspecified atom stereocenters. The number of hydrogen-bond acceptors (Lipinski definition) is 5. The van der Waals surface area contributed by atoms with E-state index in [4.69, 9.17) is 4.74 Å². The average molecular weight is 313 g/mol. The smallest absolute Gasteiger partial charge is 0.217 e. The number of aromatic nitrogens is 2. The second-order valence-electron chi connectivity index (χ2n) is 5.70. The van der Waals surface area contributed by atoms with Crippen LogP contribution in [-0.2, 0) is 10.0 Å². The molecule has 21 heavy (non-hydrogen) atoms. The van der Waals surface area contributed by atoms with Crippen LogP contribution in [-0.4, -0.2) is 47.1 Å². The van der Waals surface area contributed by atoms with Crippen molar-refractivity contribution in [2.75, 3.05) is 13.1 Å². The van der Waals surface area contributed by atoms with Gasteiger partial charge in [-0.25, -0.2) is 17.7 Å². The van der Waals surface area contributed by atoms with Crippen molar-refractivity contribution in [1.82, 2.24) is 14.3 Å². The van der Waals surface area contributed by atoms with E-state index in [0.29, 0.717) is 37.6 Å². The Hall–Kier alpha value is -1.21. The Morgan fingerprint density at radius 1 is 1.24 bits per heavy atom. The lowest BCUT2D eigenvalue weighted by Crippen LogP contribution is -2.44. The maximum Gasteiger partial charge on any atom is 0.217 e. The molecule has 0 aromatic carbocycles. The Labute approximate surface area is 126 Å². The van der Waals surface area contributed by atoms with Crippen LogP contribution in [0, 0.1) is 13.8 Å². The summed E-state index contributed by atoms with van der Waals surface area (Å²) < 4.78 is 31.6. The highest BCUT2D eigenvalue weighted by atomic mass is 32.2. The largest absolute Gasteiger partial charge is 0.474 e. The van der Waals surface area contributed by atoms with Crippen LogP contribution in [0.2, 0.25) is 0 Å². The van der Waals surface area contributed by atoms with Crippen molar-refractivity contribution in [2.24, 2.45) is 0 Å². The van der Waals surface area contributed by atoms with Gasteiger partial charge in [0, 0.05) is 24.8 Å². The molecule has 0 saturated carbocycles. The van der Waals surface area contributed by atoms with E-state index >= 15 is 0 Å². The molecule has 0 amide bonds. The van der Waals surface area contributed by atoms with E-state index in [2.05, 4.69) is 9.97 Å². The number of nitrogens with zero attached hydrogens (tertiary/aromatic N) is 3. The average Bonchev–Trinajstić information content (AvgIpc) is 2.37. The first-order valence-corrected chi connectivity index (χ1v) is 8.77. The molecule has 0 atom stereocenters. The molecule has 1 aliphatic rings. The molecule has 7 heteroatoms. The van der Waals surface area contributed by atoms with Gasteiger partial charge in [-0.05, 0) is 40.5 Å². The van der Waals surface area contributed by atoms with Crippen molar-refractivity contribution >= 4 is 10.0 Å². The first-order valence-electron chi connectivity index (χ1n) is 7.27. The quantitative estimate of drug-likeness (QED) is 0.845. The first kappa shape index (κ1) is 16.2. The minimum atomic E-state index is -3.16. The summed E-state index contributed by atoms with van der Waals surface area (Å²) >= 11 is 0. The van der Waals surface area contributed by atoms with E-state index in [0.717, 1.165) is 5.69 Å². The van der Waals surface area contributed by atoms with Crippen LogP contribution >= 0.6 is 0 Å². The van der Waals surface area contributed by atoms with Gasteiger partial charge < -0.3 is 4.74 Å². The van der Waals surface area contributed by atoms with Gasteiger partial charge >= 0.3 is 0 Å². The summed E-state index contributed by atoms with van der Waals surface area (Å²) in [6.07, 6.45) is 1.39. The van der Waals surface area contributed by atoms with E-state index in [1.165, 1.54) is 0 Å². The molecule has 1 aliphatic heterocycles. The van der Waals surface area contributed by atoms with Crippen molar-refractivity contribution in [3.63, 3.8) is 0 Å². The molecule has 1 aromatic rings.